The highest BCUT2D eigenvalue weighted by molar-refractivity contribution is 7.14. The van der Waals surface area contributed by atoms with Gasteiger partial charge in [-0.25, -0.2) is 9.97 Å². The number of rotatable bonds is 7. The average Bonchev–Trinajstić information content (AvgIpc) is 3.48. The molecule has 1 atom stereocenters. The van der Waals surface area contributed by atoms with Gasteiger partial charge in [-0.3, -0.25) is 4.79 Å². The smallest absolute Gasteiger partial charge is 0.226 e. The van der Waals surface area contributed by atoms with Crippen LogP contribution < -0.4 is 10.1 Å². The predicted molar refractivity (Wildman–Crippen MR) is 115 cm³/mol. The molecule has 3 heterocycles. The number of thiazole rings is 1. The van der Waals surface area contributed by atoms with Crippen molar-refractivity contribution in [1.82, 2.24) is 19.9 Å². The van der Waals surface area contributed by atoms with Crippen LogP contribution in [-0.4, -0.2) is 27.6 Å². The molecule has 1 N–H and O–H groups in total. The number of nitrogens with zero attached hydrogens (tertiary/aromatic N) is 3. The summed E-state index contributed by atoms with van der Waals surface area (Å²) in [6.45, 7) is 0. The fourth-order valence-corrected chi connectivity index (χ4v) is 4.56. The van der Waals surface area contributed by atoms with Gasteiger partial charge in [-0.2, -0.15) is 11.3 Å². The maximum absolute atomic E-state index is 12.8. The number of aryl methyl sites for hydroxylation is 1. The number of imidazole rings is 1. The fourth-order valence-electron chi connectivity index (χ4n) is 3.03. The number of methoxy groups -OCH3 is 1. The Morgan fingerprint density at radius 1 is 1.24 bits per heavy atom. The van der Waals surface area contributed by atoms with E-state index >= 15 is 0 Å². The molecule has 0 spiro atoms. The first-order valence-electron chi connectivity index (χ1n) is 9.01. The van der Waals surface area contributed by atoms with Crippen molar-refractivity contribution in [3.63, 3.8) is 0 Å². The molecule has 0 bridgehead atoms. The van der Waals surface area contributed by atoms with Gasteiger partial charge >= 0.3 is 0 Å². The molecule has 0 aliphatic carbocycles. The molecule has 4 aromatic rings. The van der Waals surface area contributed by atoms with Gasteiger partial charge in [-0.15, -0.1) is 11.3 Å². The zero-order chi connectivity index (χ0) is 20.2. The molecule has 148 valence electrons. The summed E-state index contributed by atoms with van der Waals surface area (Å²) in [7, 11) is 3.55. The van der Waals surface area contributed by atoms with Crippen LogP contribution in [0, 0.1) is 0 Å². The summed E-state index contributed by atoms with van der Waals surface area (Å²) in [6.07, 6.45) is 3.81. The normalized spacial score (nSPS) is 11.9. The van der Waals surface area contributed by atoms with Crippen molar-refractivity contribution in [3.05, 3.63) is 75.9 Å². The highest BCUT2D eigenvalue weighted by Gasteiger charge is 2.21. The van der Waals surface area contributed by atoms with Crippen molar-refractivity contribution in [2.45, 2.75) is 12.5 Å². The van der Waals surface area contributed by atoms with Crippen LogP contribution in [0.5, 0.6) is 5.75 Å². The Kier molecular flexibility index (Phi) is 5.73. The van der Waals surface area contributed by atoms with E-state index in [-0.39, 0.29) is 18.4 Å². The van der Waals surface area contributed by atoms with Crippen molar-refractivity contribution in [3.8, 4) is 16.3 Å². The molecule has 1 unspecified atom stereocenters. The van der Waals surface area contributed by atoms with Crippen molar-refractivity contribution >= 4 is 28.6 Å². The van der Waals surface area contributed by atoms with Crippen molar-refractivity contribution < 1.29 is 9.53 Å². The first kappa shape index (κ1) is 19.4. The van der Waals surface area contributed by atoms with E-state index in [1.165, 1.54) is 0 Å². The molecule has 0 saturated heterocycles. The number of carbonyl (C=O) groups excluding carboxylic acids is 1. The highest BCUT2D eigenvalue weighted by atomic mass is 32.1. The van der Waals surface area contributed by atoms with Crippen LogP contribution >= 0.6 is 22.7 Å². The van der Waals surface area contributed by atoms with Crippen LogP contribution in [0.3, 0.4) is 0 Å². The van der Waals surface area contributed by atoms with Gasteiger partial charge < -0.3 is 14.6 Å². The Morgan fingerprint density at radius 2 is 2.07 bits per heavy atom. The van der Waals surface area contributed by atoms with Gasteiger partial charge in [0.15, 0.2) is 0 Å². The third kappa shape index (κ3) is 4.38. The maximum Gasteiger partial charge on any atom is 0.226 e. The van der Waals surface area contributed by atoms with Gasteiger partial charge in [0, 0.05) is 35.8 Å². The first-order valence-corrected chi connectivity index (χ1v) is 10.8. The van der Waals surface area contributed by atoms with E-state index in [9.17, 15) is 4.79 Å². The minimum Gasteiger partial charge on any atom is -0.497 e. The second kappa shape index (κ2) is 8.59. The van der Waals surface area contributed by atoms with Crippen LogP contribution in [0.15, 0.2) is 58.9 Å². The van der Waals surface area contributed by atoms with E-state index < -0.39 is 0 Å². The third-order valence-corrected chi connectivity index (χ3v) is 6.16. The number of carbonyl (C=O) groups is 1. The van der Waals surface area contributed by atoms with E-state index in [0.29, 0.717) is 0 Å². The molecule has 4 rings (SSSR count). The van der Waals surface area contributed by atoms with Gasteiger partial charge in [-0.1, -0.05) is 12.1 Å². The second-order valence-corrected chi connectivity index (χ2v) is 8.14. The number of benzene rings is 1. The number of amides is 1. The SMILES string of the molecule is COc1ccc(C(NC(=O)Cc2csc(-c3ccsc3)n2)c2nccn2C)cc1. The molecule has 0 radical (unpaired) electrons. The van der Waals surface area contributed by atoms with Crippen molar-refractivity contribution in [1.29, 1.82) is 0 Å². The fraction of sp³-hybridized carbons (Fsp3) is 0.190. The number of hydrogen-bond donors (Lipinski definition) is 1. The molecule has 8 heteroatoms. The minimum absolute atomic E-state index is 0.101. The lowest BCUT2D eigenvalue weighted by atomic mass is 10.1. The van der Waals surface area contributed by atoms with Crippen LogP contribution in [0.2, 0.25) is 0 Å². The van der Waals surface area contributed by atoms with Crippen LogP contribution in [0.1, 0.15) is 23.1 Å². The molecule has 29 heavy (non-hydrogen) atoms. The Bertz CT molecular complexity index is 1080. The summed E-state index contributed by atoms with van der Waals surface area (Å²) >= 11 is 3.19. The number of hydrogen-bond acceptors (Lipinski definition) is 6. The molecule has 0 saturated carbocycles. The Hall–Kier alpha value is -2.97. The van der Waals surface area contributed by atoms with Crippen LogP contribution in [0.4, 0.5) is 0 Å². The second-order valence-electron chi connectivity index (χ2n) is 6.50. The number of nitrogens with one attached hydrogen (secondary N) is 1. The molecule has 3 aromatic heterocycles. The Balaban J connectivity index is 1.52. The van der Waals surface area contributed by atoms with Crippen molar-refractivity contribution in [2.24, 2.45) is 7.05 Å². The quantitative estimate of drug-likeness (QED) is 0.486. The summed E-state index contributed by atoms with van der Waals surface area (Å²) in [6, 6.07) is 9.32. The number of aromatic nitrogens is 3. The first-order chi connectivity index (χ1) is 14.1. The van der Waals surface area contributed by atoms with Gasteiger partial charge in [0.25, 0.3) is 0 Å². The standard InChI is InChI=1S/C21H20N4O2S2/c1-25-9-8-22-20(25)19(14-3-5-17(27-2)6-4-14)24-18(26)11-16-13-29-21(23-16)15-7-10-28-12-15/h3-10,12-13,19H,11H2,1-2H3,(H,24,26). The third-order valence-electron chi connectivity index (χ3n) is 4.53. The average molecular weight is 425 g/mol. The lowest BCUT2D eigenvalue weighted by Gasteiger charge is -2.19. The molecule has 0 fully saturated rings. The molecular weight excluding hydrogens is 404 g/mol. The van der Waals surface area contributed by atoms with Crippen LogP contribution in [-0.2, 0) is 18.3 Å². The topological polar surface area (TPSA) is 69.0 Å². The Labute approximate surface area is 176 Å². The molecule has 1 aromatic carbocycles. The lowest BCUT2D eigenvalue weighted by molar-refractivity contribution is -0.121. The van der Waals surface area contributed by atoms with Crippen molar-refractivity contribution in [2.75, 3.05) is 7.11 Å². The van der Waals surface area contributed by atoms with Gasteiger partial charge in [-0.05, 0) is 29.1 Å². The minimum atomic E-state index is -0.358. The number of thiophene rings is 1. The summed E-state index contributed by atoms with van der Waals surface area (Å²) in [5.41, 5.74) is 2.79. The van der Waals surface area contributed by atoms with E-state index in [4.69, 9.17) is 4.74 Å². The largest absolute Gasteiger partial charge is 0.497 e. The molecule has 1 amide bonds. The van der Waals surface area contributed by atoms with E-state index in [1.54, 1.807) is 36.0 Å². The van der Waals surface area contributed by atoms with E-state index in [1.807, 2.05) is 58.9 Å². The molecule has 6 nitrogen and oxygen atoms in total. The Morgan fingerprint density at radius 3 is 2.72 bits per heavy atom. The maximum atomic E-state index is 12.8. The predicted octanol–water partition coefficient (Wildman–Crippen LogP) is 4.06. The lowest BCUT2D eigenvalue weighted by Crippen LogP contribution is -2.32. The summed E-state index contributed by atoms with van der Waals surface area (Å²) in [4.78, 5) is 21.9. The van der Waals surface area contributed by atoms with Gasteiger partial charge in [0.2, 0.25) is 5.91 Å². The van der Waals surface area contributed by atoms with E-state index in [0.717, 1.165) is 33.4 Å². The monoisotopic (exact) mass is 424 g/mol. The summed E-state index contributed by atoms with van der Waals surface area (Å²) < 4.78 is 7.15. The van der Waals surface area contributed by atoms with E-state index in [2.05, 4.69) is 20.7 Å². The summed E-state index contributed by atoms with van der Waals surface area (Å²) in [5, 5.41) is 10.1. The summed E-state index contributed by atoms with van der Waals surface area (Å²) in [5.74, 6) is 1.43. The van der Waals surface area contributed by atoms with Crippen LogP contribution in [0.25, 0.3) is 10.6 Å². The number of ether oxygens (including phenoxy) is 1. The zero-order valence-electron chi connectivity index (χ0n) is 16.0. The molecule has 0 aliphatic heterocycles. The van der Waals surface area contributed by atoms with Gasteiger partial charge in [0.1, 0.15) is 22.6 Å². The highest BCUT2D eigenvalue weighted by Crippen LogP contribution is 2.26. The van der Waals surface area contributed by atoms with Gasteiger partial charge in [0.05, 0.1) is 19.2 Å². The molecular formula is C21H20N4O2S2. The zero-order valence-corrected chi connectivity index (χ0v) is 17.7. The molecule has 0 aliphatic rings.